The predicted octanol–water partition coefficient (Wildman–Crippen LogP) is 4.26. The van der Waals surface area contributed by atoms with E-state index in [0.717, 1.165) is 15.4 Å². The fourth-order valence-electron chi connectivity index (χ4n) is 2.03. The van der Waals surface area contributed by atoms with Crippen LogP contribution in [-0.2, 0) is 0 Å². The lowest BCUT2D eigenvalue weighted by Gasteiger charge is -2.00. The lowest BCUT2D eigenvalue weighted by atomic mass is 10.2. The van der Waals surface area contributed by atoms with Gasteiger partial charge in [-0.15, -0.1) is 11.3 Å². The minimum absolute atomic E-state index is 0.178. The Morgan fingerprint density at radius 1 is 1.33 bits per heavy atom. The van der Waals surface area contributed by atoms with Gasteiger partial charge in [-0.25, -0.2) is 9.48 Å². The highest BCUT2D eigenvalue weighted by Crippen LogP contribution is 2.30. The first-order valence-corrected chi connectivity index (χ1v) is 7.40. The molecule has 4 nitrogen and oxygen atoms in total. The second kappa shape index (κ2) is 5.35. The fraction of sp³-hybridized carbons (Fsp3) is 0.0667. The standard InChI is InChI=1S/C15H11ClN2O2S/c1-9-5-6-13(21-9)14-12(15(19)20)8-18(17-14)11-4-2-3-10(16)7-11/h2-8H,1H3,(H,19,20). The maximum atomic E-state index is 11.4. The molecule has 0 aliphatic carbocycles. The van der Waals surface area contributed by atoms with Crippen LogP contribution in [0.15, 0.2) is 42.6 Å². The van der Waals surface area contributed by atoms with E-state index >= 15 is 0 Å². The molecule has 21 heavy (non-hydrogen) atoms. The molecule has 0 saturated heterocycles. The van der Waals surface area contributed by atoms with Gasteiger partial charge in [-0.05, 0) is 37.3 Å². The number of hydrogen-bond acceptors (Lipinski definition) is 3. The van der Waals surface area contributed by atoms with Gasteiger partial charge in [-0.1, -0.05) is 17.7 Å². The van der Waals surface area contributed by atoms with E-state index in [1.165, 1.54) is 17.5 Å². The van der Waals surface area contributed by atoms with E-state index in [9.17, 15) is 9.90 Å². The maximum absolute atomic E-state index is 11.4. The summed E-state index contributed by atoms with van der Waals surface area (Å²) in [5, 5.41) is 14.4. The van der Waals surface area contributed by atoms with Crippen molar-refractivity contribution in [2.24, 2.45) is 0 Å². The van der Waals surface area contributed by atoms with E-state index in [2.05, 4.69) is 5.10 Å². The second-order valence-corrected chi connectivity index (χ2v) is 6.26. The van der Waals surface area contributed by atoms with Crippen molar-refractivity contribution in [1.82, 2.24) is 9.78 Å². The number of carbonyl (C=O) groups is 1. The summed E-state index contributed by atoms with van der Waals surface area (Å²) in [6.07, 6.45) is 1.51. The number of aromatic nitrogens is 2. The number of carboxylic acid groups (broad SMARTS) is 1. The molecule has 0 atom stereocenters. The normalized spacial score (nSPS) is 10.8. The van der Waals surface area contributed by atoms with Crippen molar-refractivity contribution in [3.05, 3.63) is 58.1 Å². The van der Waals surface area contributed by atoms with Crippen LogP contribution in [0.4, 0.5) is 0 Å². The molecule has 0 aliphatic rings. The van der Waals surface area contributed by atoms with E-state index in [-0.39, 0.29) is 5.56 Å². The SMILES string of the molecule is Cc1ccc(-c2nn(-c3cccc(Cl)c3)cc2C(=O)O)s1. The van der Waals surface area contributed by atoms with E-state index in [1.54, 1.807) is 22.9 Å². The van der Waals surface area contributed by atoms with Crippen molar-refractivity contribution in [3.63, 3.8) is 0 Å². The quantitative estimate of drug-likeness (QED) is 0.785. The topological polar surface area (TPSA) is 55.1 Å². The highest BCUT2D eigenvalue weighted by molar-refractivity contribution is 7.15. The highest BCUT2D eigenvalue weighted by atomic mass is 35.5. The molecule has 0 amide bonds. The Morgan fingerprint density at radius 2 is 2.14 bits per heavy atom. The van der Waals surface area contributed by atoms with Crippen molar-refractivity contribution in [2.75, 3.05) is 0 Å². The molecule has 2 heterocycles. The summed E-state index contributed by atoms with van der Waals surface area (Å²) in [5.74, 6) is -0.996. The van der Waals surface area contributed by atoms with E-state index in [4.69, 9.17) is 11.6 Å². The minimum atomic E-state index is -0.996. The van der Waals surface area contributed by atoms with Crippen LogP contribution in [0.2, 0.25) is 5.02 Å². The Hall–Kier alpha value is -2.11. The third kappa shape index (κ3) is 2.70. The van der Waals surface area contributed by atoms with Crippen LogP contribution in [0.5, 0.6) is 0 Å². The van der Waals surface area contributed by atoms with E-state index in [0.29, 0.717) is 10.7 Å². The molecule has 0 unspecified atom stereocenters. The summed E-state index contributed by atoms with van der Waals surface area (Å²) in [7, 11) is 0. The molecule has 106 valence electrons. The predicted molar refractivity (Wildman–Crippen MR) is 83.6 cm³/mol. The number of halogens is 1. The Morgan fingerprint density at radius 3 is 2.76 bits per heavy atom. The zero-order chi connectivity index (χ0) is 15.0. The van der Waals surface area contributed by atoms with Crippen molar-refractivity contribution >= 4 is 28.9 Å². The Kier molecular flexibility index (Phi) is 3.53. The molecule has 0 bridgehead atoms. The van der Waals surface area contributed by atoms with Gasteiger partial charge in [0.1, 0.15) is 11.3 Å². The molecule has 1 aromatic carbocycles. The van der Waals surface area contributed by atoms with E-state index < -0.39 is 5.97 Å². The molecule has 6 heteroatoms. The van der Waals surface area contributed by atoms with Crippen LogP contribution in [-0.4, -0.2) is 20.9 Å². The number of aromatic carboxylic acids is 1. The number of benzene rings is 1. The second-order valence-electron chi connectivity index (χ2n) is 4.53. The van der Waals surface area contributed by atoms with E-state index in [1.807, 2.05) is 25.1 Å². The van der Waals surface area contributed by atoms with Crippen molar-refractivity contribution in [2.45, 2.75) is 6.92 Å². The molecule has 3 aromatic rings. The molecule has 0 fully saturated rings. The molecule has 3 rings (SSSR count). The monoisotopic (exact) mass is 318 g/mol. The van der Waals surface area contributed by atoms with Crippen molar-refractivity contribution < 1.29 is 9.90 Å². The summed E-state index contributed by atoms with van der Waals surface area (Å²) in [6, 6.07) is 11.0. The van der Waals surface area contributed by atoms with Crippen LogP contribution in [0.1, 0.15) is 15.2 Å². The summed E-state index contributed by atoms with van der Waals surface area (Å²) in [6.45, 7) is 1.97. The van der Waals surface area contributed by atoms with Gasteiger partial charge in [0, 0.05) is 16.1 Å². The van der Waals surface area contributed by atoms with Crippen molar-refractivity contribution in [1.29, 1.82) is 0 Å². The Bertz CT molecular complexity index is 823. The number of thiophene rings is 1. The molecule has 2 aromatic heterocycles. The molecule has 0 radical (unpaired) electrons. The van der Waals surface area contributed by atoms with Crippen LogP contribution < -0.4 is 0 Å². The van der Waals surface area contributed by atoms with Gasteiger partial charge in [-0.2, -0.15) is 5.10 Å². The molecule has 0 aliphatic heterocycles. The Balaban J connectivity index is 2.15. The van der Waals surface area contributed by atoms with Gasteiger partial charge in [0.2, 0.25) is 0 Å². The molecule has 1 N–H and O–H groups in total. The van der Waals surface area contributed by atoms with Crippen LogP contribution in [0, 0.1) is 6.92 Å². The number of rotatable bonds is 3. The van der Waals surface area contributed by atoms with Gasteiger partial charge < -0.3 is 5.11 Å². The van der Waals surface area contributed by atoms with Crippen molar-refractivity contribution in [3.8, 4) is 16.3 Å². The fourth-order valence-corrected chi connectivity index (χ4v) is 3.08. The molecular weight excluding hydrogens is 308 g/mol. The summed E-state index contributed by atoms with van der Waals surface area (Å²) < 4.78 is 1.54. The number of hydrogen-bond donors (Lipinski definition) is 1. The molecule has 0 saturated carbocycles. The zero-order valence-electron chi connectivity index (χ0n) is 11.1. The molecule has 0 spiro atoms. The number of nitrogens with zero attached hydrogens (tertiary/aromatic N) is 2. The third-order valence-corrected chi connectivity index (χ3v) is 4.23. The maximum Gasteiger partial charge on any atom is 0.339 e. The van der Waals surface area contributed by atoms with Gasteiger partial charge in [0.15, 0.2) is 0 Å². The van der Waals surface area contributed by atoms with Crippen LogP contribution in [0.3, 0.4) is 0 Å². The summed E-state index contributed by atoms with van der Waals surface area (Å²) in [5.41, 5.74) is 1.38. The average molecular weight is 319 g/mol. The first kappa shape index (κ1) is 13.9. The number of carboxylic acids is 1. The lowest BCUT2D eigenvalue weighted by molar-refractivity contribution is 0.0697. The average Bonchev–Trinajstić information content (AvgIpc) is 3.04. The Labute approximate surface area is 130 Å². The van der Waals surface area contributed by atoms with Crippen LogP contribution in [0.25, 0.3) is 16.3 Å². The van der Waals surface area contributed by atoms with Gasteiger partial charge in [-0.3, -0.25) is 0 Å². The highest BCUT2D eigenvalue weighted by Gasteiger charge is 2.19. The number of aryl methyl sites for hydroxylation is 1. The minimum Gasteiger partial charge on any atom is -0.478 e. The largest absolute Gasteiger partial charge is 0.478 e. The third-order valence-electron chi connectivity index (χ3n) is 2.99. The smallest absolute Gasteiger partial charge is 0.339 e. The summed E-state index contributed by atoms with van der Waals surface area (Å²) >= 11 is 7.49. The first-order valence-electron chi connectivity index (χ1n) is 6.20. The lowest BCUT2D eigenvalue weighted by Crippen LogP contribution is -1.96. The van der Waals surface area contributed by atoms with Gasteiger partial charge in [0.25, 0.3) is 0 Å². The molecular formula is C15H11ClN2O2S. The summed E-state index contributed by atoms with van der Waals surface area (Å²) in [4.78, 5) is 13.4. The van der Waals surface area contributed by atoms with Crippen LogP contribution >= 0.6 is 22.9 Å². The van der Waals surface area contributed by atoms with Gasteiger partial charge >= 0.3 is 5.97 Å². The first-order chi connectivity index (χ1) is 10.0. The van der Waals surface area contributed by atoms with Gasteiger partial charge in [0.05, 0.1) is 10.6 Å². The zero-order valence-corrected chi connectivity index (χ0v) is 12.6.